The molecule has 1 aromatic heterocycles. The van der Waals surface area contributed by atoms with Crippen molar-refractivity contribution in [1.82, 2.24) is 4.98 Å². The van der Waals surface area contributed by atoms with Gasteiger partial charge in [0.25, 0.3) is 0 Å². The number of methoxy groups -OCH3 is 1. The van der Waals surface area contributed by atoms with E-state index in [-0.39, 0.29) is 5.97 Å². The number of nitrogens with zero attached hydrogens (tertiary/aromatic N) is 1. The largest absolute Gasteiger partial charge is 0.465 e. The van der Waals surface area contributed by atoms with Crippen molar-refractivity contribution in [2.75, 3.05) is 7.11 Å². The van der Waals surface area contributed by atoms with E-state index in [1.54, 1.807) is 6.20 Å². The first-order valence-electron chi connectivity index (χ1n) is 4.92. The molecule has 0 unspecified atom stereocenters. The SMILES string of the molecule is COC(=O)c1cnc(-c2ccc(C)c(Br)c2)s1. The van der Waals surface area contributed by atoms with E-state index in [0.717, 1.165) is 15.0 Å². The van der Waals surface area contributed by atoms with Crippen molar-refractivity contribution in [2.24, 2.45) is 0 Å². The van der Waals surface area contributed by atoms with Crippen LogP contribution in [-0.4, -0.2) is 18.1 Å². The van der Waals surface area contributed by atoms with Gasteiger partial charge in [0, 0.05) is 10.0 Å². The standard InChI is InChI=1S/C12H10BrNO2S/c1-7-3-4-8(5-9(7)13)11-14-6-10(17-11)12(15)16-2/h3-6H,1-2H3. The lowest BCUT2D eigenvalue weighted by molar-refractivity contribution is 0.0606. The molecule has 0 fully saturated rings. The molecule has 2 rings (SSSR count). The molecular formula is C12H10BrNO2S. The van der Waals surface area contributed by atoms with E-state index < -0.39 is 0 Å². The summed E-state index contributed by atoms with van der Waals surface area (Å²) < 4.78 is 5.68. The van der Waals surface area contributed by atoms with Gasteiger partial charge in [-0.2, -0.15) is 0 Å². The van der Waals surface area contributed by atoms with Crippen LogP contribution < -0.4 is 0 Å². The number of hydrogen-bond donors (Lipinski definition) is 0. The molecule has 1 heterocycles. The number of benzene rings is 1. The number of aromatic nitrogens is 1. The molecule has 0 radical (unpaired) electrons. The van der Waals surface area contributed by atoms with Gasteiger partial charge in [0.05, 0.1) is 13.3 Å². The number of hydrogen-bond acceptors (Lipinski definition) is 4. The highest BCUT2D eigenvalue weighted by Crippen LogP contribution is 2.29. The highest BCUT2D eigenvalue weighted by atomic mass is 79.9. The van der Waals surface area contributed by atoms with Gasteiger partial charge in [-0.3, -0.25) is 0 Å². The molecule has 0 saturated heterocycles. The molecule has 0 atom stereocenters. The van der Waals surface area contributed by atoms with Crippen LogP contribution in [0.15, 0.2) is 28.9 Å². The van der Waals surface area contributed by atoms with Crippen LogP contribution in [0.4, 0.5) is 0 Å². The second kappa shape index (κ2) is 4.98. The lowest BCUT2D eigenvalue weighted by Crippen LogP contribution is -1.96. The predicted octanol–water partition coefficient (Wildman–Crippen LogP) is 3.67. The van der Waals surface area contributed by atoms with Crippen molar-refractivity contribution in [2.45, 2.75) is 6.92 Å². The summed E-state index contributed by atoms with van der Waals surface area (Å²) >= 11 is 4.80. The maximum atomic E-state index is 11.3. The minimum absolute atomic E-state index is 0.347. The minimum atomic E-state index is -0.347. The summed E-state index contributed by atoms with van der Waals surface area (Å²) in [6.45, 7) is 2.02. The number of thiazole rings is 1. The maximum absolute atomic E-state index is 11.3. The Morgan fingerprint density at radius 3 is 2.88 bits per heavy atom. The summed E-state index contributed by atoms with van der Waals surface area (Å²) in [6, 6.07) is 5.99. The normalized spacial score (nSPS) is 10.3. The van der Waals surface area contributed by atoms with Gasteiger partial charge in [-0.25, -0.2) is 9.78 Å². The second-order valence-corrected chi connectivity index (χ2v) is 5.37. The number of halogens is 1. The highest BCUT2D eigenvalue weighted by molar-refractivity contribution is 9.10. The smallest absolute Gasteiger partial charge is 0.349 e. The van der Waals surface area contributed by atoms with E-state index in [2.05, 4.69) is 25.7 Å². The molecule has 1 aromatic carbocycles. The van der Waals surface area contributed by atoms with Crippen molar-refractivity contribution in [3.63, 3.8) is 0 Å². The van der Waals surface area contributed by atoms with Gasteiger partial charge in [-0.05, 0) is 18.6 Å². The van der Waals surface area contributed by atoms with Crippen molar-refractivity contribution >= 4 is 33.2 Å². The van der Waals surface area contributed by atoms with Crippen LogP contribution in [0.3, 0.4) is 0 Å². The Morgan fingerprint density at radius 1 is 1.47 bits per heavy atom. The summed E-state index contributed by atoms with van der Waals surface area (Å²) in [4.78, 5) is 16.1. The number of carbonyl (C=O) groups is 1. The molecule has 0 amide bonds. The molecule has 17 heavy (non-hydrogen) atoms. The molecule has 88 valence electrons. The number of esters is 1. The average Bonchev–Trinajstić information content (AvgIpc) is 2.81. The van der Waals surface area contributed by atoms with Crippen LogP contribution in [-0.2, 0) is 4.74 Å². The van der Waals surface area contributed by atoms with Gasteiger partial charge in [-0.1, -0.05) is 28.1 Å². The van der Waals surface area contributed by atoms with E-state index in [1.807, 2.05) is 25.1 Å². The van der Waals surface area contributed by atoms with Gasteiger partial charge in [0.15, 0.2) is 0 Å². The molecule has 0 spiro atoms. The Morgan fingerprint density at radius 2 is 2.24 bits per heavy atom. The van der Waals surface area contributed by atoms with E-state index in [0.29, 0.717) is 4.88 Å². The van der Waals surface area contributed by atoms with E-state index in [4.69, 9.17) is 0 Å². The van der Waals surface area contributed by atoms with Crippen molar-refractivity contribution in [3.05, 3.63) is 39.3 Å². The zero-order valence-corrected chi connectivity index (χ0v) is 11.8. The molecule has 0 bridgehead atoms. The van der Waals surface area contributed by atoms with Gasteiger partial charge >= 0.3 is 5.97 Å². The molecule has 5 heteroatoms. The quantitative estimate of drug-likeness (QED) is 0.794. The first kappa shape index (κ1) is 12.3. The second-order valence-electron chi connectivity index (χ2n) is 3.49. The molecule has 0 aliphatic rings. The van der Waals surface area contributed by atoms with Crippen LogP contribution in [0.25, 0.3) is 10.6 Å². The zero-order chi connectivity index (χ0) is 12.4. The Bertz CT molecular complexity index is 565. The Kier molecular flexibility index (Phi) is 3.59. The fourth-order valence-corrected chi connectivity index (χ4v) is 2.54. The summed E-state index contributed by atoms with van der Waals surface area (Å²) in [5.41, 5.74) is 2.15. The van der Waals surface area contributed by atoms with Crippen LogP contribution in [0.2, 0.25) is 0 Å². The number of rotatable bonds is 2. The van der Waals surface area contributed by atoms with Gasteiger partial charge in [0.2, 0.25) is 0 Å². The third-order valence-electron chi connectivity index (χ3n) is 2.31. The molecule has 3 nitrogen and oxygen atoms in total. The first-order chi connectivity index (χ1) is 8.11. The van der Waals surface area contributed by atoms with E-state index in [9.17, 15) is 4.79 Å². The summed E-state index contributed by atoms with van der Waals surface area (Å²) in [5.74, 6) is -0.347. The van der Waals surface area contributed by atoms with E-state index in [1.165, 1.54) is 24.0 Å². The highest BCUT2D eigenvalue weighted by Gasteiger charge is 2.12. The molecule has 0 aliphatic carbocycles. The lowest BCUT2D eigenvalue weighted by Gasteiger charge is -2.00. The topological polar surface area (TPSA) is 39.2 Å². The number of carbonyl (C=O) groups excluding carboxylic acids is 1. The molecule has 0 aliphatic heterocycles. The Labute approximate surface area is 112 Å². The summed E-state index contributed by atoms with van der Waals surface area (Å²) in [6.07, 6.45) is 1.54. The molecular weight excluding hydrogens is 302 g/mol. The molecule has 2 aromatic rings. The van der Waals surface area contributed by atoms with Crippen molar-refractivity contribution in [3.8, 4) is 10.6 Å². The van der Waals surface area contributed by atoms with Gasteiger partial charge < -0.3 is 4.74 Å². The minimum Gasteiger partial charge on any atom is -0.465 e. The van der Waals surface area contributed by atoms with E-state index >= 15 is 0 Å². The monoisotopic (exact) mass is 311 g/mol. The fraction of sp³-hybridized carbons (Fsp3) is 0.167. The third-order valence-corrected chi connectivity index (χ3v) is 4.19. The first-order valence-corrected chi connectivity index (χ1v) is 6.53. The van der Waals surface area contributed by atoms with Crippen molar-refractivity contribution < 1.29 is 9.53 Å². The predicted molar refractivity (Wildman–Crippen MR) is 71.3 cm³/mol. The molecule has 0 saturated carbocycles. The average molecular weight is 312 g/mol. The fourth-order valence-electron chi connectivity index (χ4n) is 1.33. The van der Waals surface area contributed by atoms with Crippen LogP contribution in [0.1, 0.15) is 15.2 Å². The number of ether oxygens (including phenoxy) is 1. The Balaban J connectivity index is 2.37. The Hall–Kier alpha value is -1.20. The van der Waals surface area contributed by atoms with Crippen LogP contribution in [0.5, 0.6) is 0 Å². The van der Waals surface area contributed by atoms with Crippen LogP contribution >= 0.6 is 27.3 Å². The molecule has 0 N–H and O–H groups in total. The van der Waals surface area contributed by atoms with Crippen LogP contribution in [0, 0.1) is 6.92 Å². The third kappa shape index (κ3) is 2.56. The maximum Gasteiger partial charge on any atom is 0.349 e. The van der Waals surface area contributed by atoms with Crippen molar-refractivity contribution in [1.29, 1.82) is 0 Å². The summed E-state index contributed by atoms with van der Waals surface area (Å²) in [5, 5.41) is 0.811. The van der Waals surface area contributed by atoms with Gasteiger partial charge in [-0.15, -0.1) is 11.3 Å². The summed E-state index contributed by atoms with van der Waals surface area (Å²) in [7, 11) is 1.37. The van der Waals surface area contributed by atoms with Gasteiger partial charge in [0.1, 0.15) is 9.88 Å². The zero-order valence-electron chi connectivity index (χ0n) is 9.36. The lowest BCUT2D eigenvalue weighted by atomic mass is 10.2. The number of aryl methyl sites for hydroxylation is 1.